The van der Waals surface area contributed by atoms with Gasteiger partial charge in [0.05, 0.1) is 0 Å². The van der Waals surface area contributed by atoms with Gasteiger partial charge in [-0.05, 0) is 35.9 Å². The Morgan fingerprint density at radius 3 is 2.52 bits per heavy atom. The average molecular weight is 352 g/mol. The summed E-state index contributed by atoms with van der Waals surface area (Å²) < 4.78 is 19.8. The Balaban J connectivity index is 2.06. The van der Waals surface area contributed by atoms with Gasteiger partial charge in [0.1, 0.15) is 18.2 Å². The molecule has 2 aromatic carbocycles. The van der Waals surface area contributed by atoms with E-state index in [4.69, 9.17) is 4.74 Å². The number of hydrogen-bond acceptors (Lipinski definition) is 2. The van der Waals surface area contributed by atoms with Gasteiger partial charge in [-0.3, -0.25) is 0 Å². The standard InChI is InChI=1S/C17H19BrFNO/c1-12(2)20-10-14-9-15(18)5-8-17(14)21-11-13-3-6-16(19)7-4-13/h3-9,12,20H,10-11H2,1-2H3. The fourth-order valence-electron chi connectivity index (χ4n) is 1.88. The molecule has 0 amide bonds. The first-order valence-electron chi connectivity index (χ1n) is 6.93. The summed E-state index contributed by atoms with van der Waals surface area (Å²) in [6.07, 6.45) is 0. The van der Waals surface area contributed by atoms with Crippen molar-refractivity contribution >= 4 is 15.9 Å². The molecule has 112 valence electrons. The fraction of sp³-hybridized carbons (Fsp3) is 0.294. The molecule has 0 saturated carbocycles. The third-order valence-electron chi connectivity index (χ3n) is 3.03. The van der Waals surface area contributed by atoms with Gasteiger partial charge in [-0.1, -0.05) is 41.9 Å². The average Bonchev–Trinajstić information content (AvgIpc) is 2.45. The highest BCUT2D eigenvalue weighted by molar-refractivity contribution is 9.10. The molecule has 0 heterocycles. The van der Waals surface area contributed by atoms with Crippen LogP contribution >= 0.6 is 15.9 Å². The molecule has 0 atom stereocenters. The van der Waals surface area contributed by atoms with Crippen molar-refractivity contribution in [2.45, 2.75) is 33.0 Å². The quantitative estimate of drug-likeness (QED) is 0.816. The van der Waals surface area contributed by atoms with E-state index in [1.807, 2.05) is 12.1 Å². The monoisotopic (exact) mass is 351 g/mol. The van der Waals surface area contributed by atoms with Gasteiger partial charge in [-0.25, -0.2) is 4.39 Å². The summed E-state index contributed by atoms with van der Waals surface area (Å²) >= 11 is 3.48. The first-order chi connectivity index (χ1) is 10.0. The van der Waals surface area contributed by atoms with E-state index in [9.17, 15) is 4.39 Å². The third kappa shape index (κ3) is 5.14. The molecule has 4 heteroatoms. The maximum absolute atomic E-state index is 12.9. The van der Waals surface area contributed by atoms with Crippen molar-refractivity contribution in [2.75, 3.05) is 0 Å². The van der Waals surface area contributed by atoms with E-state index in [0.717, 1.165) is 27.9 Å². The van der Waals surface area contributed by atoms with Crippen LogP contribution in [-0.2, 0) is 13.2 Å². The molecular weight excluding hydrogens is 333 g/mol. The van der Waals surface area contributed by atoms with Crippen molar-refractivity contribution in [1.29, 1.82) is 0 Å². The van der Waals surface area contributed by atoms with E-state index in [1.165, 1.54) is 12.1 Å². The van der Waals surface area contributed by atoms with Crippen molar-refractivity contribution in [3.8, 4) is 5.75 Å². The van der Waals surface area contributed by atoms with Crippen molar-refractivity contribution < 1.29 is 9.13 Å². The molecule has 2 aromatic rings. The van der Waals surface area contributed by atoms with Crippen molar-refractivity contribution in [3.63, 3.8) is 0 Å². The number of halogens is 2. The van der Waals surface area contributed by atoms with E-state index >= 15 is 0 Å². The van der Waals surface area contributed by atoms with Gasteiger partial charge in [-0.15, -0.1) is 0 Å². The molecule has 0 unspecified atom stereocenters. The number of ether oxygens (including phenoxy) is 1. The van der Waals surface area contributed by atoms with Gasteiger partial charge < -0.3 is 10.1 Å². The summed E-state index contributed by atoms with van der Waals surface area (Å²) in [6.45, 7) is 5.39. The van der Waals surface area contributed by atoms with Crippen LogP contribution in [0.3, 0.4) is 0 Å². The Bertz CT molecular complexity index is 584. The minimum absolute atomic E-state index is 0.232. The highest BCUT2D eigenvalue weighted by atomic mass is 79.9. The molecule has 0 spiro atoms. The SMILES string of the molecule is CC(C)NCc1cc(Br)ccc1OCc1ccc(F)cc1. The molecule has 0 radical (unpaired) electrons. The largest absolute Gasteiger partial charge is 0.489 e. The van der Waals surface area contributed by atoms with Crippen LogP contribution in [0.15, 0.2) is 46.9 Å². The third-order valence-corrected chi connectivity index (χ3v) is 3.52. The molecule has 0 bridgehead atoms. The van der Waals surface area contributed by atoms with E-state index in [1.54, 1.807) is 12.1 Å². The predicted molar refractivity (Wildman–Crippen MR) is 86.8 cm³/mol. The Morgan fingerprint density at radius 2 is 1.86 bits per heavy atom. The Morgan fingerprint density at radius 1 is 1.14 bits per heavy atom. The smallest absolute Gasteiger partial charge is 0.124 e. The zero-order chi connectivity index (χ0) is 15.2. The second kappa shape index (κ2) is 7.57. The zero-order valence-corrected chi connectivity index (χ0v) is 13.8. The van der Waals surface area contributed by atoms with Crippen LogP contribution in [0.25, 0.3) is 0 Å². The predicted octanol–water partition coefficient (Wildman–Crippen LogP) is 4.67. The normalized spacial score (nSPS) is 10.9. The lowest BCUT2D eigenvalue weighted by molar-refractivity contribution is 0.301. The minimum Gasteiger partial charge on any atom is -0.489 e. The minimum atomic E-state index is -0.232. The van der Waals surface area contributed by atoms with Gasteiger partial charge >= 0.3 is 0 Å². The van der Waals surface area contributed by atoms with E-state index in [2.05, 4.69) is 41.2 Å². The van der Waals surface area contributed by atoms with Crippen LogP contribution in [0.4, 0.5) is 4.39 Å². The summed E-state index contributed by atoms with van der Waals surface area (Å²) in [4.78, 5) is 0. The first-order valence-corrected chi connectivity index (χ1v) is 7.73. The molecule has 0 aliphatic rings. The van der Waals surface area contributed by atoms with Crippen molar-refractivity contribution in [2.24, 2.45) is 0 Å². The summed E-state index contributed by atoms with van der Waals surface area (Å²) in [5, 5.41) is 3.38. The molecule has 0 aromatic heterocycles. The Kier molecular flexibility index (Phi) is 5.76. The van der Waals surface area contributed by atoms with E-state index < -0.39 is 0 Å². The first kappa shape index (κ1) is 16.0. The summed E-state index contributed by atoms with van der Waals surface area (Å²) in [5.41, 5.74) is 2.04. The second-order valence-electron chi connectivity index (χ2n) is 5.20. The lowest BCUT2D eigenvalue weighted by Gasteiger charge is -2.14. The summed E-state index contributed by atoms with van der Waals surface area (Å²) in [6, 6.07) is 12.7. The molecule has 0 aliphatic heterocycles. The molecule has 2 nitrogen and oxygen atoms in total. The molecular formula is C17H19BrFNO. The highest BCUT2D eigenvalue weighted by Gasteiger charge is 2.06. The van der Waals surface area contributed by atoms with Gasteiger partial charge in [-0.2, -0.15) is 0 Å². The molecule has 0 aliphatic carbocycles. The number of hydrogen-bond donors (Lipinski definition) is 1. The van der Waals surface area contributed by atoms with Gasteiger partial charge in [0.2, 0.25) is 0 Å². The van der Waals surface area contributed by atoms with Crippen LogP contribution in [0.2, 0.25) is 0 Å². The zero-order valence-electron chi connectivity index (χ0n) is 12.2. The van der Waals surface area contributed by atoms with Gasteiger partial charge in [0.25, 0.3) is 0 Å². The molecule has 1 N–H and O–H groups in total. The summed E-state index contributed by atoms with van der Waals surface area (Å²) in [5.74, 6) is 0.611. The van der Waals surface area contributed by atoms with Gasteiger partial charge in [0, 0.05) is 22.6 Å². The Labute approximate surface area is 133 Å². The van der Waals surface area contributed by atoms with Crippen LogP contribution in [-0.4, -0.2) is 6.04 Å². The second-order valence-corrected chi connectivity index (χ2v) is 6.12. The maximum Gasteiger partial charge on any atom is 0.124 e. The molecule has 0 fully saturated rings. The fourth-order valence-corrected chi connectivity index (χ4v) is 2.29. The number of benzene rings is 2. The van der Waals surface area contributed by atoms with Crippen LogP contribution < -0.4 is 10.1 Å². The van der Waals surface area contributed by atoms with Gasteiger partial charge in [0.15, 0.2) is 0 Å². The van der Waals surface area contributed by atoms with Crippen LogP contribution in [0.5, 0.6) is 5.75 Å². The molecule has 2 rings (SSSR count). The van der Waals surface area contributed by atoms with E-state index in [0.29, 0.717) is 12.6 Å². The van der Waals surface area contributed by atoms with E-state index in [-0.39, 0.29) is 5.82 Å². The lowest BCUT2D eigenvalue weighted by atomic mass is 10.2. The molecule has 21 heavy (non-hydrogen) atoms. The maximum atomic E-state index is 12.9. The van der Waals surface area contributed by atoms with Crippen molar-refractivity contribution in [3.05, 3.63) is 63.9 Å². The van der Waals surface area contributed by atoms with Crippen molar-refractivity contribution in [1.82, 2.24) is 5.32 Å². The Hall–Kier alpha value is -1.39. The molecule has 0 saturated heterocycles. The number of rotatable bonds is 6. The van der Waals surface area contributed by atoms with Crippen LogP contribution in [0.1, 0.15) is 25.0 Å². The summed E-state index contributed by atoms with van der Waals surface area (Å²) in [7, 11) is 0. The number of nitrogens with one attached hydrogen (secondary N) is 1. The topological polar surface area (TPSA) is 21.3 Å². The highest BCUT2D eigenvalue weighted by Crippen LogP contribution is 2.24. The van der Waals surface area contributed by atoms with Crippen LogP contribution in [0, 0.1) is 5.82 Å². The lowest BCUT2D eigenvalue weighted by Crippen LogP contribution is -2.22.